The Hall–Kier alpha value is -1.88. The van der Waals surface area contributed by atoms with Gasteiger partial charge in [-0.1, -0.05) is 56.4 Å². The highest BCUT2D eigenvalue weighted by Gasteiger charge is 2.40. The van der Waals surface area contributed by atoms with Crippen molar-refractivity contribution in [1.29, 1.82) is 0 Å². The van der Waals surface area contributed by atoms with E-state index in [1.807, 2.05) is 0 Å². The molecule has 5 heteroatoms. The number of ether oxygens (including phenoxy) is 1. The lowest BCUT2D eigenvalue weighted by Crippen LogP contribution is -2.36. The van der Waals surface area contributed by atoms with E-state index < -0.39 is 15.1 Å². The maximum absolute atomic E-state index is 13.5. The third-order valence-electron chi connectivity index (χ3n) is 5.84. The second-order valence-corrected chi connectivity index (χ2v) is 10.5. The molecule has 4 nitrogen and oxygen atoms in total. The Kier molecular flexibility index (Phi) is 7.27. The van der Waals surface area contributed by atoms with Gasteiger partial charge in [-0.2, -0.15) is 0 Å². The molecule has 0 bridgehead atoms. The number of rotatable bonds is 8. The Morgan fingerprint density at radius 3 is 2.50 bits per heavy atom. The average Bonchev–Trinajstić information content (AvgIpc) is 2.61. The van der Waals surface area contributed by atoms with E-state index in [0.29, 0.717) is 23.3 Å². The molecule has 0 spiro atoms. The molecule has 28 heavy (non-hydrogen) atoms. The molecule has 0 N–H and O–H groups in total. The summed E-state index contributed by atoms with van der Waals surface area (Å²) in [5, 5.41) is -0.732. The maximum Gasteiger partial charge on any atom is 0.302 e. The summed E-state index contributed by atoms with van der Waals surface area (Å²) in [6, 6.07) is 8.52. The molecule has 154 valence electrons. The third-order valence-corrected chi connectivity index (χ3v) is 8.04. The Labute approximate surface area is 169 Å². The van der Waals surface area contributed by atoms with Crippen LogP contribution < -0.4 is 0 Å². The number of benzene rings is 1. The Bertz CT molecular complexity index is 821. The van der Waals surface area contributed by atoms with Gasteiger partial charge in [-0.25, -0.2) is 8.42 Å². The summed E-state index contributed by atoms with van der Waals surface area (Å²) in [7, 11) is -3.61. The number of carbonyl (C=O) groups excluding carboxylic acids is 1. The molecule has 0 saturated heterocycles. The Morgan fingerprint density at radius 2 is 1.93 bits per heavy atom. The van der Waals surface area contributed by atoms with Crippen molar-refractivity contribution in [2.24, 2.45) is 11.3 Å². The average molecular weight is 405 g/mol. The van der Waals surface area contributed by atoms with E-state index in [-0.39, 0.29) is 23.9 Å². The fraction of sp³-hybridized carbons (Fsp3) is 0.522. The van der Waals surface area contributed by atoms with Crippen LogP contribution in [0.15, 0.2) is 59.5 Å². The largest absolute Gasteiger partial charge is 0.466 e. The highest BCUT2D eigenvalue weighted by Crippen LogP contribution is 2.47. The van der Waals surface area contributed by atoms with Gasteiger partial charge < -0.3 is 4.74 Å². The molecule has 1 saturated carbocycles. The lowest BCUT2D eigenvalue weighted by molar-refractivity contribution is -0.140. The van der Waals surface area contributed by atoms with Crippen LogP contribution in [-0.4, -0.2) is 26.2 Å². The molecule has 2 rings (SSSR count). The van der Waals surface area contributed by atoms with Gasteiger partial charge in [-0.15, -0.1) is 0 Å². The lowest BCUT2D eigenvalue weighted by atomic mass is 9.65. The Morgan fingerprint density at radius 1 is 1.29 bits per heavy atom. The molecule has 0 radical (unpaired) electrons. The van der Waals surface area contributed by atoms with Gasteiger partial charge in [0.1, 0.15) is 0 Å². The van der Waals surface area contributed by atoms with Crippen molar-refractivity contribution in [2.45, 2.75) is 63.0 Å². The molecule has 1 aromatic carbocycles. The second-order valence-electron chi connectivity index (χ2n) is 8.38. The highest BCUT2D eigenvalue weighted by atomic mass is 32.2. The molecule has 1 aliphatic carbocycles. The van der Waals surface area contributed by atoms with Crippen LogP contribution in [0.25, 0.3) is 0 Å². The minimum absolute atomic E-state index is 0.00401. The SMILES string of the molecule is C=C1CCCC(C)(C)C1CC(C(=C)CCOC(C)=O)S(=O)(=O)c1ccccc1. The van der Waals surface area contributed by atoms with Crippen molar-refractivity contribution in [1.82, 2.24) is 0 Å². The van der Waals surface area contributed by atoms with Crippen LogP contribution in [-0.2, 0) is 19.4 Å². The predicted octanol–water partition coefficient (Wildman–Crippen LogP) is 5.11. The fourth-order valence-electron chi connectivity index (χ4n) is 4.15. The van der Waals surface area contributed by atoms with Gasteiger partial charge in [0.25, 0.3) is 0 Å². The normalized spacial score (nSPS) is 20.4. The second kappa shape index (κ2) is 9.08. The number of hydrogen-bond acceptors (Lipinski definition) is 4. The van der Waals surface area contributed by atoms with E-state index in [2.05, 4.69) is 27.0 Å². The molecule has 1 aliphatic rings. The highest BCUT2D eigenvalue weighted by molar-refractivity contribution is 7.92. The van der Waals surface area contributed by atoms with Crippen LogP contribution >= 0.6 is 0 Å². The molecule has 0 aromatic heterocycles. The number of sulfone groups is 1. The molecular formula is C23H32O4S. The summed E-state index contributed by atoms with van der Waals surface area (Å²) in [5.41, 5.74) is 1.70. The minimum atomic E-state index is -3.61. The van der Waals surface area contributed by atoms with Crippen LogP contribution in [0.2, 0.25) is 0 Å². The summed E-state index contributed by atoms with van der Waals surface area (Å²) >= 11 is 0. The first-order chi connectivity index (χ1) is 13.1. The smallest absolute Gasteiger partial charge is 0.302 e. The van der Waals surface area contributed by atoms with Gasteiger partial charge in [0.15, 0.2) is 9.84 Å². The number of allylic oxidation sites excluding steroid dienone is 1. The molecule has 0 amide bonds. The zero-order valence-electron chi connectivity index (χ0n) is 17.2. The van der Waals surface area contributed by atoms with Crippen LogP contribution in [0.4, 0.5) is 0 Å². The van der Waals surface area contributed by atoms with Crippen molar-refractivity contribution in [3.63, 3.8) is 0 Å². The summed E-state index contributed by atoms with van der Waals surface area (Å²) in [4.78, 5) is 11.4. The van der Waals surface area contributed by atoms with Gasteiger partial charge in [0.2, 0.25) is 0 Å². The van der Waals surface area contributed by atoms with Gasteiger partial charge >= 0.3 is 5.97 Å². The predicted molar refractivity (Wildman–Crippen MR) is 113 cm³/mol. The minimum Gasteiger partial charge on any atom is -0.466 e. The summed E-state index contributed by atoms with van der Waals surface area (Å²) < 4.78 is 31.9. The van der Waals surface area contributed by atoms with Crippen molar-refractivity contribution < 1.29 is 17.9 Å². The number of hydrogen-bond donors (Lipinski definition) is 0. The standard InChI is InChI=1S/C23H32O4S/c1-17-10-9-14-23(4,5)21(17)16-22(18(2)13-15-27-19(3)24)28(25,26)20-11-7-6-8-12-20/h6-8,11-12,21-22H,1-2,9-10,13-16H2,3-5H3. The zero-order chi connectivity index (χ0) is 20.9. The molecule has 0 aliphatic heterocycles. The monoisotopic (exact) mass is 404 g/mol. The van der Waals surface area contributed by atoms with Crippen LogP contribution in [0, 0.1) is 11.3 Å². The first-order valence-corrected chi connectivity index (χ1v) is 11.4. The van der Waals surface area contributed by atoms with Crippen LogP contribution in [0.5, 0.6) is 0 Å². The summed E-state index contributed by atoms with van der Waals surface area (Å²) in [5.74, 6) is -0.271. The third kappa shape index (κ3) is 5.34. The number of carbonyl (C=O) groups is 1. The first-order valence-electron chi connectivity index (χ1n) is 9.83. The fourth-order valence-corrected chi connectivity index (χ4v) is 6.01. The van der Waals surface area contributed by atoms with Crippen LogP contribution in [0.1, 0.15) is 52.9 Å². The Balaban J connectivity index is 2.34. The molecule has 2 unspecified atom stereocenters. The molecule has 1 aromatic rings. The van der Waals surface area contributed by atoms with Gasteiger partial charge in [-0.05, 0) is 49.1 Å². The zero-order valence-corrected chi connectivity index (χ0v) is 18.1. The molecular weight excluding hydrogens is 372 g/mol. The van der Waals surface area contributed by atoms with Crippen molar-refractivity contribution >= 4 is 15.8 Å². The van der Waals surface area contributed by atoms with Gasteiger partial charge in [0.05, 0.1) is 16.8 Å². The van der Waals surface area contributed by atoms with Gasteiger partial charge in [0, 0.05) is 13.3 Å². The summed E-state index contributed by atoms with van der Waals surface area (Å²) in [6.45, 7) is 14.2. The van der Waals surface area contributed by atoms with E-state index in [1.54, 1.807) is 30.3 Å². The first kappa shape index (κ1) is 22.4. The molecule has 2 atom stereocenters. The van der Waals surface area contributed by atoms with E-state index in [1.165, 1.54) is 6.92 Å². The topological polar surface area (TPSA) is 60.4 Å². The maximum atomic E-state index is 13.5. The molecule has 1 fully saturated rings. The molecule has 0 heterocycles. The van der Waals surface area contributed by atoms with E-state index in [0.717, 1.165) is 24.8 Å². The van der Waals surface area contributed by atoms with Crippen molar-refractivity contribution in [3.8, 4) is 0 Å². The quantitative estimate of drug-likeness (QED) is 0.446. The van der Waals surface area contributed by atoms with Gasteiger partial charge in [-0.3, -0.25) is 4.79 Å². The van der Waals surface area contributed by atoms with Crippen LogP contribution in [0.3, 0.4) is 0 Å². The van der Waals surface area contributed by atoms with E-state index in [9.17, 15) is 13.2 Å². The summed E-state index contributed by atoms with van der Waals surface area (Å²) in [6.07, 6.45) is 3.87. The van der Waals surface area contributed by atoms with E-state index >= 15 is 0 Å². The number of esters is 1. The van der Waals surface area contributed by atoms with Crippen molar-refractivity contribution in [3.05, 3.63) is 54.6 Å². The lowest BCUT2D eigenvalue weighted by Gasteiger charge is -2.42. The van der Waals surface area contributed by atoms with E-state index in [4.69, 9.17) is 4.74 Å². The van der Waals surface area contributed by atoms with Crippen molar-refractivity contribution in [2.75, 3.05) is 6.61 Å².